The summed E-state index contributed by atoms with van der Waals surface area (Å²) in [5.41, 5.74) is 0. The number of likely N-dealkylation sites (N-methyl/N-ethyl adjacent to an activating group) is 1. The van der Waals surface area contributed by atoms with Crippen LogP contribution in [0.25, 0.3) is 0 Å². The van der Waals surface area contributed by atoms with E-state index < -0.39 is 0 Å². The molecule has 128 valence electrons. The Morgan fingerprint density at radius 3 is 2.39 bits per heavy atom. The molecule has 0 bridgehead atoms. The maximum absolute atomic E-state index is 12.0. The summed E-state index contributed by atoms with van der Waals surface area (Å²) >= 11 is 1.72. The number of rotatable bonds is 10. The standard InChI is InChI=1S/C17H27N3O2S/c1-4-20(13-17(22)19-14(2)3)12-16(21)18-10-11-23-15-8-6-5-7-9-15/h5-9,14H,4,10-13H2,1-3H3,(H,18,21)(H,19,22)/p+1. The van der Waals surface area contributed by atoms with Crippen molar-refractivity contribution in [3.8, 4) is 0 Å². The van der Waals surface area contributed by atoms with Gasteiger partial charge in [-0.25, -0.2) is 0 Å². The lowest BCUT2D eigenvalue weighted by Crippen LogP contribution is -3.14. The molecule has 2 amide bonds. The Bertz CT molecular complexity index is 480. The van der Waals surface area contributed by atoms with Gasteiger partial charge in [0.05, 0.1) is 6.54 Å². The first-order valence-corrected chi connectivity index (χ1v) is 9.07. The van der Waals surface area contributed by atoms with Gasteiger partial charge in [-0.3, -0.25) is 9.59 Å². The van der Waals surface area contributed by atoms with Crippen LogP contribution < -0.4 is 15.5 Å². The van der Waals surface area contributed by atoms with Crippen molar-refractivity contribution in [3.63, 3.8) is 0 Å². The molecule has 0 aliphatic carbocycles. The molecule has 23 heavy (non-hydrogen) atoms. The fraction of sp³-hybridized carbons (Fsp3) is 0.529. The minimum Gasteiger partial charge on any atom is -0.350 e. The van der Waals surface area contributed by atoms with Gasteiger partial charge >= 0.3 is 0 Å². The van der Waals surface area contributed by atoms with Crippen LogP contribution in [0.2, 0.25) is 0 Å². The molecule has 0 spiro atoms. The van der Waals surface area contributed by atoms with Crippen LogP contribution in [0.4, 0.5) is 0 Å². The maximum Gasteiger partial charge on any atom is 0.275 e. The SMILES string of the molecule is CC[NH+](CC(=O)NCCSc1ccccc1)CC(=O)NC(C)C. The molecule has 3 N–H and O–H groups in total. The molecule has 0 aromatic heterocycles. The van der Waals surface area contributed by atoms with Crippen LogP contribution >= 0.6 is 11.8 Å². The summed E-state index contributed by atoms with van der Waals surface area (Å²) in [7, 11) is 0. The first-order chi connectivity index (χ1) is 11.0. The van der Waals surface area contributed by atoms with Crippen LogP contribution in [0.3, 0.4) is 0 Å². The fourth-order valence-corrected chi connectivity index (χ4v) is 2.87. The van der Waals surface area contributed by atoms with Crippen LogP contribution in [-0.2, 0) is 9.59 Å². The normalized spacial score (nSPS) is 12.0. The van der Waals surface area contributed by atoms with Crippen molar-refractivity contribution in [3.05, 3.63) is 30.3 Å². The highest BCUT2D eigenvalue weighted by molar-refractivity contribution is 7.99. The number of amides is 2. The van der Waals surface area contributed by atoms with Crippen molar-refractivity contribution >= 4 is 23.6 Å². The van der Waals surface area contributed by atoms with E-state index in [0.29, 0.717) is 19.6 Å². The first kappa shape index (κ1) is 19.5. The van der Waals surface area contributed by atoms with Gasteiger partial charge < -0.3 is 15.5 Å². The number of hydrogen-bond acceptors (Lipinski definition) is 3. The van der Waals surface area contributed by atoms with Crippen LogP contribution in [0.15, 0.2) is 35.2 Å². The third-order valence-electron chi connectivity index (χ3n) is 3.21. The van der Waals surface area contributed by atoms with Crippen LogP contribution in [-0.4, -0.2) is 49.8 Å². The van der Waals surface area contributed by atoms with Gasteiger partial charge in [-0.05, 0) is 32.9 Å². The van der Waals surface area contributed by atoms with E-state index in [2.05, 4.69) is 22.8 Å². The third kappa shape index (κ3) is 9.25. The second-order valence-corrected chi connectivity index (χ2v) is 6.86. The quantitative estimate of drug-likeness (QED) is 0.425. The molecular formula is C17H28N3O2S+. The highest BCUT2D eigenvalue weighted by Gasteiger charge is 2.16. The molecule has 0 aliphatic rings. The molecular weight excluding hydrogens is 310 g/mol. The fourth-order valence-electron chi connectivity index (χ4n) is 2.08. The number of hydrogen-bond donors (Lipinski definition) is 3. The van der Waals surface area contributed by atoms with Crippen molar-refractivity contribution < 1.29 is 14.5 Å². The number of quaternary nitrogens is 1. The molecule has 0 saturated carbocycles. The monoisotopic (exact) mass is 338 g/mol. The Kier molecular flexibility index (Phi) is 9.40. The Hall–Kier alpha value is -1.53. The van der Waals surface area contributed by atoms with E-state index in [-0.39, 0.29) is 17.9 Å². The minimum atomic E-state index is -0.00992. The molecule has 0 heterocycles. The Balaban J connectivity index is 2.21. The zero-order chi connectivity index (χ0) is 17.1. The minimum absolute atomic E-state index is 0.00661. The highest BCUT2D eigenvalue weighted by atomic mass is 32.2. The number of carbonyl (C=O) groups is 2. The van der Waals surface area contributed by atoms with Crippen LogP contribution in [0.5, 0.6) is 0 Å². The summed E-state index contributed by atoms with van der Waals surface area (Å²) in [5, 5.41) is 5.78. The van der Waals surface area contributed by atoms with Gasteiger partial charge in [-0.2, -0.15) is 0 Å². The molecule has 0 aliphatic heterocycles. The summed E-state index contributed by atoms with van der Waals surface area (Å²) in [5.74, 6) is 0.822. The second-order valence-electron chi connectivity index (χ2n) is 5.69. The molecule has 0 saturated heterocycles. The number of thioether (sulfide) groups is 1. The van der Waals surface area contributed by atoms with Gasteiger partial charge in [-0.1, -0.05) is 18.2 Å². The zero-order valence-electron chi connectivity index (χ0n) is 14.2. The molecule has 1 aromatic rings. The molecule has 1 atom stereocenters. The van der Waals surface area contributed by atoms with Gasteiger partial charge in [0.15, 0.2) is 13.1 Å². The Labute approximate surface area is 143 Å². The van der Waals surface area contributed by atoms with E-state index in [4.69, 9.17) is 0 Å². The Morgan fingerprint density at radius 1 is 1.13 bits per heavy atom. The van der Waals surface area contributed by atoms with E-state index in [1.807, 2.05) is 39.0 Å². The predicted molar refractivity (Wildman–Crippen MR) is 94.7 cm³/mol. The van der Waals surface area contributed by atoms with E-state index in [1.165, 1.54) is 4.90 Å². The average molecular weight is 338 g/mol. The largest absolute Gasteiger partial charge is 0.350 e. The third-order valence-corrected chi connectivity index (χ3v) is 4.22. The molecule has 1 aromatic carbocycles. The van der Waals surface area contributed by atoms with Gasteiger partial charge in [0, 0.05) is 23.2 Å². The second kappa shape index (κ2) is 11.1. The lowest BCUT2D eigenvalue weighted by molar-refractivity contribution is -0.881. The maximum atomic E-state index is 12.0. The van der Waals surface area contributed by atoms with Crippen LogP contribution in [0, 0.1) is 0 Å². The van der Waals surface area contributed by atoms with Crippen molar-refractivity contribution in [1.29, 1.82) is 0 Å². The lowest BCUT2D eigenvalue weighted by atomic mass is 10.3. The van der Waals surface area contributed by atoms with Gasteiger partial charge in [0.25, 0.3) is 11.8 Å². The summed E-state index contributed by atoms with van der Waals surface area (Å²) < 4.78 is 0. The van der Waals surface area contributed by atoms with Gasteiger partial charge in [0.2, 0.25) is 0 Å². The van der Waals surface area contributed by atoms with E-state index in [1.54, 1.807) is 11.8 Å². The lowest BCUT2D eigenvalue weighted by Gasteiger charge is -2.17. The topological polar surface area (TPSA) is 62.6 Å². The summed E-state index contributed by atoms with van der Waals surface area (Å²) in [4.78, 5) is 25.9. The van der Waals surface area contributed by atoms with Crippen LogP contribution in [0.1, 0.15) is 20.8 Å². The summed E-state index contributed by atoms with van der Waals surface area (Å²) in [6.07, 6.45) is 0. The summed E-state index contributed by atoms with van der Waals surface area (Å²) in [6, 6.07) is 10.2. The van der Waals surface area contributed by atoms with E-state index >= 15 is 0 Å². The number of nitrogens with one attached hydrogen (secondary N) is 3. The molecule has 0 radical (unpaired) electrons. The van der Waals surface area contributed by atoms with Crippen molar-refractivity contribution in [2.75, 3.05) is 31.9 Å². The molecule has 1 rings (SSSR count). The molecule has 5 nitrogen and oxygen atoms in total. The molecule has 1 unspecified atom stereocenters. The van der Waals surface area contributed by atoms with Gasteiger partial charge in [0.1, 0.15) is 0 Å². The zero-order valence-corrected chi connectivity index (χ0v) is 15.0. The molecule has 6 heteroatoms. The van der Waals surface area contributed by atoms with Crippen molar-refractivity contribution in [1.82, 2.24) is 10.6 Å². The molecule has 0 fully saturated rings. The predicted octanol–water partition coefficient (Wildman–Crippen LogP) is 0.324. The van der Waals surface area contributed by atoms with Gasteiger partial charge in [-0.15, -0.1) is 11.8 Å². The van der Waals surface area contributed by atoms with E-state index in [0.717, 1.165) is 17.2 Å². The Morgan fingerprint density at radius 2 is 1.78 bits per heavy atom. The van der Waals surface area contributed by atoms with Crippen molar-refractivity contribution in [2.24, 2.45) is 0 Å². The highest BCUT2D eigenvalue weighted by Crippen LogP contribution is 2.15. The number of benzene rings is 1. The van der Waals surface area contributed by atoms with E-state index in [9.17, 15) is 9.59 Å². The smallest absolute Gasteiger partial charge is 0.275 e. The first-order valence-electron chi connectivity index (χ1n) is 8.08. The summed E-state index contributed by atoms with van der Waals surface area (Å²) in [6.45, 7) is 7.89. The number of carbonyl (C=O) groups excluding carboxylic acids is 2. The average Bonchev–Trinajstić information content (AvgIpc) is 2.51. The van der Waals surface area contributed by atoms with Crippen molar-refractivity contribution in [2.45, 2.75) is 31.7 Å².